The summed E-state index contributed by atoms with van der Waals surface area (Å²) in [6.07, 6.45) is 2.95. The Morgan fingerprint density at radius 3 is 2.53 bits per heavy atom. The van der Waals surface area contributed by atoms with E-state index in [1.807, 2.05) is 52.0 Å². The lowest BCUT2D eigenvalue weighted by Crippen LogP contribution is -2.58. The molecule has 178 valence electrons. The van der Waals surface area contributed by atoms with E-state index in [1.165, 1.54) is 4.90 Å². The van der Waals surface area contributed by atoms with Gasteiger partial charge in [-0.2, -0.15) is 0 Å². The molecule has 9 nitrogen and oxygen atoms in total. The van der Waals surface area contributed by atoms with Crippen LogP contribution in [0.3, 0.4) is 0 Å². The van der Waals surface area contributed by atoms with Crippen LogP contribution in [0.15, 0.2) is 47.0 Å². The Morgan fingerprint density at radius 1 is 1.15 bits per heavy atom. The van der Waals surface area contributed by atoms with Crippen molar-refractivity contribution >= 4 is 29.2 Å². The van der Waals surface area contributed by atoms with Crippen LogP contribution in [0.25, 0.3) is 0 Å². The number of para-hydroxylation sites is 1. The van der Waals surface area contributed by atoms with E-state index >= 15 is 0 Å². The lowest BCUT2D eigenvalue weighted by Gasteiger charge is -2.34. The minimum Gasteiger partial charge on any atom is -0.360 e. The van der Waals surface area contributed by atoms with E-state index < -0.39 is 41.0 Å². The molecule has 9 heteroatoms. The predicted molar refractivity (Wildman–Crippen MR) is 124 cm³/mol. The highest BCUT2D eigenvalue weighted by Crippen LogP contribution is 2.56. The van der Waals surface area contributed by atoms with E-state index in [4.69, 9.17) is 9.26 Å². The number of carbonyl (C=O) groups excluding carboxylic acids is 3. The van der Waals surface area contributed by atoms with Gasteiger partial charge in [-0.1, -0.05) is 35.5 Å². The SMILES string of the molecule is Cc1cc(NC(=O)[C@@H]2[C@H]3C=C[C@]4(O3)[C@H](C(=O)NC(C)(C)C)N(c3ccccc3C)C(=O)[C@@H]24)no1. The Balaban J connectivity index is 1.57. The average Bonchev–Trinajstić information content (AvgIpc) is 3.48. The third-order valence-electron chi connectivity index (χ3n) is 6.58. The molecule has 2 fully saturated rings. The van der Waals surface area contributed by atoms with Crippen LogP contribution in [-0.4, -0.2) is 46.2 Å². The zero-order valence-corrected chi connectivity index (χ0v) is 19.8. The van der Waals surface area contributed by atoms with Gasteiger partial charge in [0.15, 0.2) is 5.82 Å². The molecule has 0 saturated carbocycles. The molecule has 1 spiro atoms. The molecule has 2 bridgehead atoms. The summed E-state index contributed by atoms with van der Waals surface area (Å²) in [5.74, 6) is -1.88. The average molecular weight is 465 g/mol. The van der Waals surface area contributed by atoms with Gasteiger partial charge < -0.3 is 19.9 Å². The molecule has 0 unspecified atom stereocenters. The topological polar surface area (TPSA) is 114 Å². The molecule has 0 aliphatic carbocycles. The highest BCUT2D eigenvalue weighted by Gasteiger charge is 2.73. The summed E-state index contributed by atoms with van der Waals surface area (Å²) in [6, 6.07) is 8.04. The molecule has 2 N–H and O–H groups in total. The number of aryl methyl sites for hydroxylation is 2. The fourth-order valence-corrected chi connectivity index (χ4v) is 5.34. The van der Waals surface area contributed by atoms with E-state index in [9.17, 15) is 14.4 Å². The maximum atomic E-state index is 14.0. The van der Waals surface area contributed by atoms with Crippen LogP contribution in [0.1, 0.15) is 32.1 Å². The fraction of sp³-hybridized carbons (Fsp3) is 0.440. The normalized spacial score (nSPS) is 29.4. The molecular formula is C25H28N4O5. The van der Waals surface area contributed by atoms with Gasteiger partial charge in [-0.25, -0.2) is 0 Å². The number of nitrogens with one attached hydrogen (secondary N) is 2. The van der Waals surface area contributed by atoms with Crippen molar-refractivity contribution in [2.45, 2.75) is 57.9 Å². The van der Waals surface area contributed by atoms with E-state index in [2.05, 4.69) is 15.8 Å². The molecular weight excluding hydrogens is 436 g/mol. The highest BCUT2D eigenvalue weighted by molar-refractivity contribution is 6.11. The van der Waals surface area contributed by atoms with Gasteiger partial charge in [0.1, 0.15) is 17.4 Å². The van der Waals surface area contributed by atoms with Gasteiger partial charge in [0.2, 0.25) is 17.7 Å². The van der Waals surface area contributed by atoms with Crippen LogP contribution >= 0.6 is 0 Å². The van der Waals surface area contributed by atoms with Crippen LogP contribution in [0.2, 0.25) is 0 Å². The summed E-state index contributed by atoms with van der Waals surface area (Å²) in [5, 5.41) is 9.57. The lowest BCUT2D eigenvalue weighted by atomic mass is 9.74. The van der Waals surface area contributed by atoms with Gasteiger partial charge >= 0.3 is 0 Å². The smallest absolute Gasteiger partial charge is 0.246 e. The van der Waals surface area contributed by atoms with Gasteiger partial charge in [0.25, 0.3) is 0 Å². The standard InChI is InChI=1S/C25H28N4O5/c1-13-8-6-7-9-15(13)29-20(22(31)27-24(3,4)5)25-11-10-16(33-25)18(19(25)23(29)32)21(30)26-17-12-14(2)34-28-17/h6-12,16,18-20H,1-5H3,(H,27,31)(H,26,28,30)/t16-,18-,19-,20+,25-/m1/s1. The molecule has 4 heterocycles. The molecule has 3 aliphatic heterocycles. The van der Waals surface area contributed by atoms with Crippen molar-refractivity contribution < 1.29 is 23.6 Å². The number of hydrogen-bond donors (Lipinski definition) is 2. The number of fused-ring (bicyclic) bond motifs is 1. The van der Waals surface area contributed by atoms with Crippen molar-refractivity contribution in [2.24, 2.45) is 11.8 Å². The van der Waals surface area contributed by atoms with E-state index in [-0.39, 0.29) is 17.6 Å². The predicted octanol–water partition coefficient (Wildman–Crippen LogP) is 2.50. The monoisotopic (exact) mass is 464 g/mol. The van der Waals surface area contributed by atoms with E-state index in [0.717, 1.165) is 5.56 Å². The largest absolute Gasteiger partial charge is 0.360 e. The van der Waals surface area contributed by atoms with E-state index in [1.54, 1.807) is 25.1 Å². The van der Waals surface area contributed by atoms with Crippen molar-refractivity contribution in [3.05, 3.63) is 53.8 Å². The quantitative estimate of drug-likeness (QED) is 0.672. The number of anilines is 2. The molecule has 5 atom stereocenters. The minimum absolute atomic E-state index is 0.270. The second-order valence-electron chi connectivity index (χ2n) is 10.2. The Kier molecular flexibility index (Phi) is 4.95. The second-order valence-corrected chi connectivity index (χ2v) is 10.2. The first kappa shape index (κ1) is 22.3. The maximum Gasteiger partial charge on any atom is 0.246 e. The van der Waals surface area contributed by atoms with Crippen LogP contribution in [0.4, 0.5) is 11.5 Å². The van der Waals surface area contributed by atoms with Crippen molar-refractivity contribution in [3.63, 3.8) is 0 Å². The second kappa shape index (κ2) is 7.53. The van der Waals surface area contributed by atoms with Gasteiger partial charge in [-0.05, 0) is 46.2 Å². The molecule has 2 saturated heterocycles. The van der Waals surface area contributed by atoms with Crippen molar-refractivity contribution in [1.29, 1.82) is 0 Å². The summed E-state index contributed by atoms with van der Waals surface area (Å²) in [5.41, 5.74) is -0.301. The third kappa shape index (κ3) is 3.34. The van der Waals surface area contributed by atoms with Gasteiger partial charge in [0, 0.05) is 17.3 Å². The number of ether oxygens (including phenoxy) is 1. The van der Waals surface area contributed by atoms with Crippen LogP contribution in [0, 0.1) is 25.7 Å². The molecule has 2 aromatic rings. The number of rotatable bonds is 4. The lowest BCUT2D eigenvalue weighted by molar-refractivity contribution is -0.129. The minimum atomic E-state index is -1.25. The van der Waals surface area contributed by atoms with Crippen molar-refractivity contribution in [3.8, 4) is 0 Å². The summed E-state index contributed by atoms with van der Waals surface area (Å²) < 4.78 is 11.4. The molecule has 5 rings (SSSR count). The summed E-state index contributed by atoms with van der Waals surface area (Å²) in [6.45, 7) is 9.26. The maximum absolute atomic E-state index is 14.0. The first-order chi connectivity index (χ1) is 16.0. The van der Waals surface area contributed by atoms with Gasteiger partial charge in [0.05, 0.1) is 17.9 Å². The van der Waals surface area contributed by atoms with E-state index in [0.29, 0.717) is 11.4 Å². The molecule has 34 heavy (non-hydrogen) atoms. The van der Waals surface area contributed by atoms with Crippen LogP contribution < -0.4 is 15.5 Å². The zero-order chi connectivity index (χ0) is 24.4. The van der Waals surface area contributed by atoms with Gasteiger partial charge in [-0.15, -0.1) is 0 Å². The number of nitrogens with zero attached hydrogens (tertiary/aromatic N) is 2. The Hall–Kier alpha value is -3.46. The molecule has 3 amide bonds. The first-order valence-electron chi connectivity index (χ1n) is 11.3. The number of carbonyl (C=O) groups is 3. The van der Waals surface area contributed by atoms with Crippen molar-refractivity contribution in [1.82, 2.24) is 10.5 Å². The Labute approximate surface area is 197 Å². The van der Waals surface area contributed by atoms with Crippen LogP contribution in [0.5, 0.6) is 0 Å². The summed E-state index contributed by atoms with van der Waals surface area (Å²) in [4.78, 5) is 42.5. The third-order valence-corrected chi connectivity index (χ3v) is 6.58. The number of aromatic nitrogens is 1. The molecule has 3 aliphatic rings. The highest BCUT2D eigenvalue weighted by atomic mass is 16.5. The van der Waals surface area contributed by atoms with Crippen molar-refractivity contribution in [2.75, 3.05) is 10.2 Å². The molecule has 1 aromatic carbocycles. The first-order valence-corrected chi connectivity index (χ1v) is 11.3. The fourth-order valence-electron chi connectivity index (χ4n) is 5.34. The number of benzene rings is 1. The zero-order valence-electron chi connectivity index (χ0n) is 19.8. The summed E-state index contributed by atoms with van der Waals surface area (Å²) >= 11 is 0. The number of hydrogen-bond acceptors (Lipinski definition) is 6. The molecule has 1 aromatic heterocycles. The summed E-state index contributed by atoms with van der Waals surface area (Å²) in [7, 11) is 0. The van der Waals surface area contributed by atoms with Crippen LogP contribution in [-0.2, 0) is 19.1 Å². The van der Waals surface area contributed by atoms with Gasteiger partial charge in [-0.3, -0.25) is 19.3 Å². The number of amides is 3. The Bertz CT molecular complexity index is 1210. The molecule has 0 radical (unpaired) electrons. The Morgan fingerprint density at radius 2 is 1.88 bits per heavy atom.